The van der Waals surface area contributed by atoms with Crippen LogP contribution in [0.2, 0.25) is 0 Å². The molecule has 1 saturated carbocycles. The molecule has 152 valence electrons. The summed E-state index contributed by atoms with van der Waals surface area (Å²) in [5.74, 6) is 0.0973. The third-order valence-corrected chi connectivity index (χ3v) is 9.09. The highest BCUT2D eigenvalue weighted by atomic mass is 32.2. The quantitative estimate of drug-likeness (QED) is 0.775. The van der Waals surface area contributed by atoms with Crippen LogP contribution in [0.15, 0.2) is 0 Å². The Balaban J connectivity index is 2.25. The minimum Gasteiger partial charge on any atom is -0.338 e. The third-order valence-electron chi connectivity index (χ3n) is 6.35. The number of rotatable bonds is 5. The first-order chi connectivity index (χ1) is 11.8. The van der Waals surface area contributed by atoms with Crippen molar-refractivity contribution in [3.63, 3.8) is 0 Å². The van der Waals surface area contributed by atoms with Gasteiger partial charge in [-0.2, -0.15) is 0 Å². The van der Waals surface area contributed by atoms with E-state index in [0.29, 0.717) is 25.0 Å². The summed E-state index contributed by atoms with van der Waals surface area (Å²) in [6.07, 6.45) is 3.33. The molecule has 0 aromatic heterocycles. The molecule has 0 aromatic rings. The van der Waals surface area contributed by atoms with E-state index in [9.17, 15) is 13.2 Å². The molecular formula is C19H37N3O3S. The van der Waals surface area contributed by atoms with Gasteiger partial charge in [0.05, 0.1) is 16.5 Å². The van der Waals surface area contributed by atoms with Crippen LogP contribution in [0.1, 0.15) is 60.3 Å². The summed E-state index contributed by atoms with van der Waals surface area (Å²) in [5, 5.41) is 0. The zero-order valence-electron chi connectivity index (χ0n) is 17.2. The SMILES string of the molecule is CC(C)N(C)[C@@H]1CC[C@H](N2CCC(N)C2=O)[C@H](CS(=O)(=O)C(C)(C)C)C1. The van der Waals surface area contributed by atoms with Crippen molar-refractivity contribution < 1.29 is 13.2 Å². The Bertz CT molecular complexity index is 612. The zero-order valence-corrected chi connectivity index (χ0v) is 18.1. The lowest BCUT2D eigenvalue weighted by atomic mass is 9.81. The fourth-order valence-corrected chi connectivity index (χ4v) is 5.61. The number of hydrogen-bond acceptors (Lipinski definition) is 5. The van der Waals surface area contributed by atoms with Crippen molar-refractivity contribution in [2.45, 2.75) is 89.2 Å². The van der Waals surface area contributed by atoms with E-state index in [2.05, 4.69) is 25.8 Å². The van der Waals surface area contributed by atoms with E-state index in [-0.39, 0.29) is 23.6 Å². The molecule has 7 heteroatoms. The van der Waals surface area contributed by atoms with Gasteiger partial charge in [0.1, 0.15) is 0 Å². The van der Waals surface area contributed by atoms with Crippen molar-refractivity contribution in [3.8, 4) is 0 Å². The van der Waals surface area contributed by atoms with Crippen LogP contribution >= 0.6 is 0 Å². The van der Waals surface area contributed by atoms with Crippen LogP contribution in [-0.4, -0.2) is 72.4 Å². The first kappa shape index (κ1) is 21.6. The van der Waals surface area contributed by atoms with E-state index in [1.807, 2.05) is 4.90 Å². The van der Waals surface area contributed by atoms with Crippen molar-refractivity contribution in [2.24, 2.45) is 11.7 Å². The van der Waals surface area contributed by atoms with Gasteiger partial charge in [-0.3, -0.25) is 4.79 Å². The molecule has 2 N–H and O–H groups in total. The van der Waals surface area contributed by atoms with E-state index < -0.39 is 20.6 Å². The molecule has 1 aliphatic heterocycles. The molecule has 1 amide bonds. The van der Waals surface area contributed by atoms with Crippen molar-refractivity contribution >= 4 is 15.7 Å². The van der Waals surface area contributed by atoms with Crippen LogP contribution in [0.25, 0.3) is 0 Å². The lowest BCUT2D eigenvalue weighted by molar-refractivity contribution is -0.132. The number of likely N-dealkylation sites (tertiary alicyclic amines) is 1. The predicted octanol–water partition coefficient (Wildman–Crippen LogP) is 1.64. The predicted molar refractivity (Wildman–Crippen MR) is 106 cm³/mol. The van der Waals surface area contributed by atoms with Gasteiger partial charge in [0.15, 0.2) is 9.84 Å². The molecule has 2 fully saturated rings. The molecule has 1 aliphatic carbocycles. The van der Waals surface area contributed by atoms with Gasteiger partial charge in [-0.15, -0.1) is 0 Å². The van der Waals surface area contributed by atoms with Gasteiger partial charge in [-0.1, -0.05) is 0 Å². The molecule has 4 atom stereocenters. The summed E-state index contributed by atoms with van der Waals surface area (Å²) in [6, 6.07) is 0.340. The first-order valence-corrected chi connectivity index (χ1v) is 11.5. The molecule has 0 bridgehead atoms. The van der Waals surface area contributed by atoms with E-state index in [4.69, 9.17) is 5.73 Å². The largest absolute Gasteiger partial charge is 0.338 e. The van der Waals surface area contributed by atoms with Gasteiger partial charge in [0.2, 0.25) is 5.91 Å². The van der Waals surface area contributed by atoms with Crippen molar-refractivity contribution in [2.75, 3.05) is 19.3 Å². The number of sulfone groups is 1. The molecule has 0 spiro atoms. The molecule has 26 heavy (non-hydrogen) atoms. The van der Waals surface area contributed by atoms with Crippen LogP contribution in [0.4, 0.5) is 0 Å². The van der Waals surface area contributed by atoms with Crippen LogP contribution in [0.5, 0.6) is 0 Å². The van der Waals surface area contributed by atoms with Gasteiger partial charge >= 0.3 is 0 Å². The summed E-state index contributed by atoms with van der Waals surface area (Å²) in [6.45, 7) is 10.3. The minimum atomic E-state index is -3.25. The lowest BCUT2D eigenvalue weighted by Gasteiger charge is -2.45. The second-order valence-corrected chi connectivity index (χ2v) is 12.2. The molecule has 1 saturated heterocycles. The fourth-order valence-electron chi connectivity index (χ4n) is 4.19. The third kappa shape index (κ3) is 4.42. The molecule has 0 aromatic carbocycles. The van der Waals surface area contributed by atoms with Crippen molar-refractivity contribution in [1.29, 1.82) is 0 Å². The topological polar surface area (TPSA) is 83.7 Å². The molecule has 2 rings (SSSR count). The highest BCUT2D eigenvalue weighted by molar-refractivity contribution is 7.92. The fraction of sp³-hybridized carbons (Fsp3) is 0.947. The smallest absolute Gasteiger partial charge is 0.239 e. The van der Waals surface area contributed by atoms with Crippen molar-refractivity contribution in [1.82, 2.24) is 9.80 Å². The van der Waals surface area contributed by atoms with Gasteiger partial charge in [-0.05, 0) is 73.3 Å². The highest BCUT2D eigenvalue weighted by Crippen LogP contribution is 2.36. The van der Waals surface area contributed by atoms with Gasteiger partial charge < -0.3 is 15.5 Å². The summed E-state index contributed by atoms with van der Waals surface area (Å²) in [5.41, 5.74) is 5.91. The Morgan fingerprint density at radius 3 is 2.31 bits per heavy atom. The second-order valence-electron chi connectivity index (χ2n) is 9.37. The summed E-state index contributed by atoms with van der Waals surface area (Å²) >= 11 is 0. The van der Waals surface area contributed by atoms with Gasteiger partial charge in [0, 0.05) is 24.7 Å². The number of hydrogen-bond donors (Lipinski definition) is 1. The van der Waals surface area contributed by atoms with E-state index in [1.54, 1.807) is 20.8 Å². The van der Waals surface area contributed by atoms with E-state index in [0.717, 1.165) is 19.3 Å². The van der Waals surface area contributed by atoms with Gasteiger partial charge in [-0.25, -0.2) is 8.42 Å². The van der Waals surface area contributed by atoms with Crippen LogP contribution in [0.3, 0.4) is 0 Å². The van der Waals surface area contributed by atoms with E-state index >= 15 is 0 Å². The molecular weight excluding hydrogens is 350 g/mol. The highest BCUT2D eigenvalue weighted by Gasteiger charge is 2.44. The Morgan fingerprint density at radius 1 is 1.23 bits per heavy atom. The number of amides is 1. The average Bonchev–Trinajstić information content (AvgIpc) is 2.84. The first-order valence-electron chi connectivity index (χ1n) is 9.85. The minimum absolute atomic E-state index is 0.00927. The molecule has 1 unspecified atom stereocenters. The monoisotopic (exact) mass is 387 g/mol. The van der Waals surface area contributed by atoms with Crippen LogP contribution in [0, 0.1) is 5.92 Å². The Morgan fingerprint density at radius 2 is 1.85 bits per heavy atom. The summed E-state index contributed by atoms with van der Waals surface area (Å²) in [7, 11) is -1.13. The maximum atomic E-state index is 12.9. The number of nitrogens with zero attached hydrogens (tertiary/aromatic N) is 2. The maximum Gasteiger partial charge on any atom is 0.239 e. The molecule has 1 heterocycles. The second kappa shape index (κ2) is 7.76. The lowest BCUT2D eigenvalue weighted by Crippen LogP contribution is -2.53. The molecule has 0 radical (unpaired) electrons. The Kier molecular flexibility index (Phi) is 6.46. The normalized spacial score (nSPS) is 31.3. The number of carbonyl (C=O) groups is 1. The summed E-state index contributed by atoms with van der Waals surface area (Å²) < 4.78 is 25.0. The number of carbonyl (C=O) groups excluding carboxylic acids is 1. The zero-order chi connectivity index (χ0) is 19.9. The van der Waals surface area contributed by atoms with Gasteiger partial charge in [0.25, 0.3) is 0 Å². The Labute approximate surface area is 159 Å². The molecule has 6 nitrogen and oxygen atoms in total. The Hall–Kier alpha value is -0.660. The molecule has 2 aliphatic rings. The average molecular weight is 388 g/mol. The van der Waals surface area contributed by atoms with E-state index in [1.165, 1.54) is 0 Å². The maximum absolute atomic E-state index is 12.9. The standard InChI is InChI=1S/C19H37N3O3S/c1-13(2)21(6)15-7-8-17(22-10-9-16(20)18(22)23)14(11-15)12-26(24,25)19(3,4)5/h13-17H,7-12,20H2,1-6H3/t14-,15+,16?,17-/m0/s1. The van der Waals surface area contributed by atoms with Crippen LogP contribution in [-0.2, 0) is 14.6 Å². The summed E-state index contributed by atoms with van der Waals surface area (Å²) in [4.78, 5) is 16.7. The van der Waals surface area contributed by atoms with Crippen molar-refractivity contribution in [3.05, 3.63) is 0 Å². The number of nitrogens with two attached hydrogens (primary N) is 1. The van der Waals surface area contributed by atoms with Crippen LogP contribution < -0.4 is 5.73 Å².